The summed E-state index contributed by atoms with van der Waals surface area (Å²) in [5.74, 6) is -2.12. The maximum absolute atomic E-state index is 13.6. The third-order valence-corrected chi connectivity index (χ3v) is 5.92. The molecule has 4 rings (SSSR count). The minimum Gasteiger partial charge on any atom is -0.496 e. The zero-order valence-corrected chi connectivity index (χ0v) is 18.6. The standard InChI is InChI=1S/C25H18F7NO3/c1-35-19-8-9-33-22-18(19)6-7-20(21(22)13-2-4-17(26)5-3-13)36-23(34)14-10-15(24(27,28)29)12-16(11-14)25(30,31)32/h2-5,8-12,20-21H,6-7H2,1H3. The van der Waals surface area contributed by atoms with Crippen LogP contribution in [0.2, 0.25) is 0 Å². The molecule has 2 aromatic carbocycles. The van der Waals surface area contributed by atoms with Gasteiger partial charge in [0.05, 0.1) is 35.4 Å². The molecule has 1 heterocycles. The summed E-state index contributed by atoms with van der Waals surface area (Å²) in [6.07, 6.45) is -9.28. The van der Waals surface area contributed by atoms with Crippen LogP contribution in [0.1, 0.15) is 50.6 Å². The Morgan fingerprint density at radius 3 is 2.11 bits per heavy atom. The second kappa shape index (κ2) is 9.44. The summed E-state index contributed by atoms with van der Waals surface area (Å²) in [7, 11) is 1.46. The summed E-state index contributed by atoms with van der Waals surface area (Å²) < 4.78 is 104. The van der Waals surface area contributed by atoms with E-state index < -0.39 is 52.9 Å². The number of hydrogen-bond acceptors (Lipinski definition) is 4. The Morgan fingerprint density at radius 2 is 1.56 bits per heavy atom. The highest BCUT2D eigenvalue weighted by Gasteiger charge is 2.40. The molecule has 1 aromatic heterocycles. The van der Waals surface area contributed by atoms with E-state index in [1.165, 1.54) is 37.6 Å². The number of methoxy groups -OCH3 is 1. The molecule has 2 atom stereocenters. The number of esters is 1. The lowest BCUT2D eigenvalue weighted by atomic mass is 9.79. The number of halogens is 7. The van der Waals surface area contributed by atoms with Crippen molar-refractivity contribution in [3.8, 4) is 5.75 Å². The van der Waals surface area contributed by atoms with Gasteiger partial charge in [0, 0.05) is 11.8 Å². The second-order valence-electron chi connectivity index (χ2n) is 8.18. The predicted octanol–water partition coefficient (Wildman–Crippen LogP) is 6.57. The molecule has 0 aliphatic heterocycles. The fourth-order valence-corrected chi connectivity index (χ4v) is 4.28. The highest BCUT2D eigenvalue weighted by Crippen LogP contribution is 2.41. The van der Waals surface area contributed by atoms with Crippen molar-refractivity contribution in [2.75, 3.05) is 7.11 Å². The van der Waals surface area contributed by atoms with E-state index in [0.717, 1.165) is 0 Å². The first-order chi connectivity index (χ1) is 16.9. The Labute approximate surface area is 200 Å². The van der Waals surface area contributed by atoms with Gasteiger partial charge in [-0.05, 0) is 54.8 Å². The molecule has 3 aromatic rings. The van der Waals surface area contributed by atoms with Crippen LogP contribution in [0.4, 0.5) is 30.7 Å². The van der Waals surface area contributed by atoms with Gasteiger partial charge in [-0.25, -0.2) is 9.18 Å². The average Bonchev–Trinajstić information content (AvgIpc) is 2.82. The molecule has 0 saturated carbocycles. The van der Waals surface area contributed by atoms with E-state index in [-0.39, 0.29) is 12.5 Å². The highest BCUT2D eigenvalue weighted by atomic mass is 19.4. The lowest BCUT2D eigenvalue weighted by Crippen LogP contribution is -2.32. The molecule has 4 nitrogen and oxygen atoms in total. The molecular weight excluding hydrogens is 495 g/mol. The van der Waals surface area contributed by atoms with Crippen LogP contribution < -0.4 is 4.74 Å². The van der Waals surface area contributed by atoms with Gasteiger partial charge in [0.25, 0.3) is 0 Å². The van der Waals surface area contributed by atoms with Crippen LogP contribution in [0, 0.1) is 5.82 Å². The molecule has 0 N–H and O–H groups in total. The van der Waals surface area contributed by atoms with Crippen molar-refractivity contribution in [1.82, 2.24) is 4.98 Å². The van der Waals surface area contributed by atoms with Crippen molar-refractivity contribution in [1.29, 1.82) is 0 Å². The lowest BCUT2D eigenvalue weighted by Gasteiger charge is -2.33. The van der Waals surface area contributed by atoms with Gasteiger partial charge < -0.3 is 9.47 Å². The maximum Gasteiger partial charge on any atom is 0.416 e. The summed E-state index contributed by atoms with van der Waals surface area (Å²) in [5.41, 5.74) is -2.49. The fraction of sp³-hybridized carbons (Fsp3) is 0.280. The molecule has 0 radical (unpaired) electrons. The Bertz CT molecular complexity index is 1240. The van der Waals surface area contributed by atoms with Crippen LogP contribution in [0.25, 0.3) is 0 Å². The number of hydrogen-bond donors (Lipinski definition) is 0. The molecule has 0 bridgehead atoms. The first-order valence-corrected chi connectivity index (χ1v) is 10.7. The van der Waals surface area contributed by atoms with Crippen molar-refractivity contribution in [3.05, 3.63) is 94.1 Å². The summed E-state index contributed by atoms with van der Waals surface area (Å²) in [4.78, 5) is 17.2. The summed E-state index contributed by atoms with van der Waals surface area (Å²) >= 11 is 0. The van der Waals surface area contributed by atoms with E-state index >= 15 is 0 Å². The molecule has 0 spiro atoms. The second-order valence-corrected chi connectivity index (χ2v) is 8.18. The topological polar surface area (TPSA) is 48.4 Å². The molecule has 1 aliphatic carbocycles. The van der Waals surface area contributed by atoms with Crippen LogP contribution in [0.15, 0.2) is 54.7 Å². The molecule has 190 valence electrons. The number of benzene rings is 2. The zero-order chi connectivity index (χ0) is 26.3. The molecular formula is C25H18F7NO3. The van der Waals surface area contributed by atoms with Gasteiger partial charge in [-0.2, -0.15) is 26.3 Å². The van der Waals surface area contributed by atoms with E-state index in [1.807, 2.05) is 0 Å². The smallest absolute Gasteiger partial charge is 0.416 e. The van der Waals surface area contributed by atoms with Gasteiger partial charge in [-0.15, -0.1) is 0 Å². The van der Waals surface area contributed by atoms with Crippen LogP contribution >= 0.6 is 0 Å². The maximum atomic E-state index is 13.6. The van der Waals surface area contributed by atoms with E-state index in [9.17, 15) is 35.5 Å². The molecule has 0 fully saturated rings. The number of ether oxygens (including phenoxy) is 2. The van der Waals surface area contributed by atoms with Gasteiger partial charge in [-0.1, -0.05) is 12.1 Å². The molecule has 36 heavy (non-hydrogen) atoms. The minimum absolute atomic E-state index is 0.0643. The van der Waals surface area contributed by atoms with Crippen molar-refractivity contribution in [2.45, 2.75) is 37.2 Å². The highest BCUT2D eigenvalue weighted by molar-refractivity contribution is 5.90. The van der Waals surface area contributed by atoms with Crippen LogP contribution in [-0.4, -0.2) is 24.2 Å². The number of aromatic nitrogens is 1. The number of rotatable bonds is 4. The summed E-state index contributed by atoms with van der Waals surface area (Å²) in [6, 6.07) is 7.48. The largest absolute Gasteiger partial charge is 0.496 e. The fourth-order valence-electron chi connectivity index (χ4n) is 4.28. The van der Waals surface area contributed by atoms with Gasteiger partial charge in [-0.3, -0.25) is 4.98 Å². The van der Waals surface area contributed by atoms with Gasteiger partial charge in [0.2, 0.25) is 0 Å². The lowest BCUT2D eigenvalue weighted by molar-refractivity contribution is -0.143. The average molecular weight is 513 g/mol. The third-order valence-electron chi connectivity index (χ3n) is 5.92. The number of alkyl halides is 6. The SMILES string of the molecule is COc1ccnc2c1CCC(OC(=O)c1cc(C(F)(F)F)cc(C(F)(F)F)c1)C2c1ccc(F)cc1. The Morgan fingerprint density at radius 1 is 0.944 bits per heavy atom. The Kier molecular flexibility index (Phi) is 6.68. The Hall–Kier alpha value is -3.63. The van der Waals surface area contributed by atoms with Crippen molar-refractivity contribution < 1.29 is 45.0 Å². The first-order valence-electron chi connectivity index (χ1n) is 10.7. The summed E-state index contributed by atoms with van der Waals surface area (Å²) in [5, 5.41) is 0. The predicted molar refractivity (Wildman–Crippen MR) is 113 cm³/mol. The number of carbonyl (C=O) groups excluding carboxylic acids is 1. The zero-order valence-electron chi connectivity index (χ0n) is 18.6. The van der Waals surface area contributed by atoms with E-state index in [0.29, 0.717) is 41.1 Å². The first kappa shape index (κ1) is 25.5. The van der Waals surface area contributed by atoms with Crippen LogP contribution in [0.5, 0.6) is 5.75 Å². The van der Waals surface area contributed by atoms with Crippen molar-refractivity contribution in [2.24, 2.45) is 0 Å². The van der Waals surface area contributed by atoms with Gasteiger partial charge in [0.1, 0.15) is 17.7 Å². The normalized spacial score (nSPS) is 17.9. The molecule has 1 aliphatic rings. The molecule has 0 saturated heterocycles. The summed E-state index contributed by atoms with van der Waals surface area (Å²) in [6.45, 7) is 0. The Balaban J connectivity index is 1.74. The quantitative estimate of drug-likeness (QED) is 0.293. The molecule has 0 amide bonds. The van der Waals surface area contributed by atoms with Crippen LogP contribution in [0.3, 0.4) is 0 Å². The van der Waals surface area contributed by atoms with Crippen LogP contribution in [-0.2, 0) is 23.5 Å². The number of carbonyl (C=O) groups is 1. The monoisotopic (exact) mass is 513 g/mol. The number of nitrogens with zero attached hydrogens (tertiary/aromatic N) is 1. The molecule has 2 unspecified atom stereocenters. The number of fused-ring (bicyclic) bond motifs is 1. The number of pyridine rings is 1. The van der Waals surface area contributed by atoms with E-state index in [4.69, 9.17) is 9.47 Å². The van der Waals surface area contributed by atoms with Gasteiger partial charge in [0.15, 0.2) is 0 Å². The van der Waals surface area contributed by atoms with Crippen molar-refractivity contribution in [3.63, 3.8) is 0 Å². The molecule has 11 heteroatoms. The minimum atomic E-state index is -5.11. The van der Waals surface area contributed by atoms with Crippen molar-refractivity contribution >= 4 is 5.97 Å². The van der Waals surface area contributed by atoms with Gasteiger partial charge >= 0.3 is 18.3 Å². The van der Waals surface area contributed by atoms with E-state index in [1.54, 1.807) is 6.07 Å². The third kappa shape index (κ3) is 5.14. The van der Waals surface area contributed by atoms with E-state index in [2.05, 4.69) is 4.98 Å².